The quantitative estimate of drug-likeness (QED) is 0.614. The smallest absolute Gasteiger partial charge is 0.338 e. The number of urea groups is 1. The van der Waals surface area contributed by atoms with Gasteiger partial charge < -0.3 is 19.9 Å². The van der Waals surface area contributed by atoms with Crippen LogP contribution in [0.4, 0.5) is 4.79 Å². The van der Waals surface area contributed by atoms with Gasteiger partial charge >= 0.3 is 6.03 Å². The van der Waals surface area contributed by atoms with Gasteiger partial charge in [-0.05, 0) is 36.0 Å². The summed E-state index contributed by atoms with van der Waals surface area (Å²) < 4.78 is 15.9. The fourth-order valence-corrected chi connectivity index (χ4v) is 2.49. The summed E-state index contributed by atoms with van der Waals surface area (Å²) in [4.78, 5) is 10.8. The molecule has 0 spiro atoms. The maximum atomic E-state index is 10.8. The second-order valence-electron chi connectivity index (χ2n) is 4.98. The molecule has 0 unspecified atom stereocenters. The molecule has 0 aliphatic heterocycles. The molecule has 0 heterocycles. The van der Waals surface area contributed by atoms with Gasteiger partial charge in [0.25, 0.3) is 0 Å². The third kappa shape index (κ3) is 3.13. The van der Waals surface area contributed by atoms with Crippen LogP contribution in [-0.4, -0.2) is 44.2 Å². The number of amides is 2. The number of methoxy groups -OCH3 is 3. The molecule has 2 atom stereocenters. The van der Waals surface area contributed by atoms with Crippen LogP contribution in [0.2, 0.25) is 0 Å². The van der Waals surface area contributed by atoms with Crippen LogP contribution in [-0.2, 0) is 0 Å². The summed E-state index contributed by atoms with van der Waals surface area (Å²) in [7, 11) is 4.68. The monoisotopic (exact) mass is 296 g/mol. The van der Waals surface area contributed by atoms with Gasteiger partial charge in [0, 0.05) is 0 Å². The molecule has 1 aromatic rings. The maximum Gasteiger partial charge on any atom is 0.338 e. The number of nitrogens with two attached hydrogens (primary N) is 1. The van der Waals surface area contributed by atoms with Gasteiger partial charge in [0.1, 0.15) is 0 Å². The van der Waals surface area contributed by atoms with E-state index in [1.54, 1.807) is 21.3 Å². The van der Waals surface area contributed by atoms with Crippen LogP contribution >= 0.6 is 0 Å². The van der Waals surface area contributed by atoms with Crippen molar-refractivity contribution in [2.24, 2.45) is 11.7 Å². The highest BCUT2D eigenvalue weighted by molar-refractivity contribution is 5.70. The Labute approximate surface area is 123 Å². The van der Waals surface area contributed by atoms with E-state index in [1.807, 2.05) is 12.1 Å². The number of primary amides is 1. The molecule has 2 amide bonds. The van der Waals surface area contributed by atoms with E-state index in [2.05, 4.69) is 0 Å². The highest BCUT2D eigenvalue weighted by atomic mass is 16.5. The minimum absolute atomic E-state index is 0.172. The maximum absolute atomic E-state index is 10.8. The van der Waals surface area contributed by atoms with E-state index >= 15 is 0 Å². The molecular formula is C14H20N2O5. The van der Waals surface area contributed by atoms with Gasteiger partial charge in [0.15, 0.2) is 11.5 Å². The zero-order chi connectivity index (χ0) is 15.6. The van der Waals surface area contributed by atoms with Gasteiger partial charge in [-0.1, -0.05) is 0 Å². The molecule has 7 heteroatoms. The van der Waals surface area contributed by atoms with Crippen molar-refractivity contribution in [3.63, 3.8) is 0 Å². The molecule has 0 saturated heterocycles. The molecule has 7 nitrogen and oxygen atoms in total. The lowest BCUT2D eigenvalue weighted by Gasteiger charge is -2.15. The Morgan fingerprint density at radius 3 is 2.29 bits per heavy atom. The average molecular weight is 296 g/mol. The lowest BCUT2D eigenvalue weighted by atomic mass is 10.1. The molecule has 0 radical (unpaired) electrons. The standard InChI is InChI=1S/C14H20N2O5/c1-19-11-5-8(6-12(20-2)13(11)21-3)10-4-9(10)7-16(18)14(15)17/h5-6,9-10,18H,4,7H2,1-3H3,(H2,15,17)/t9-,10-/m0/s1. The van der Waals surface area contributed by atoms with Crippen LogP contribution in [0.15, 0.2) is 12.1 Å². The molecule has 21 heavy (non-hydrogen) atoms. The Bertz CT molecular complexity index is 509. The summed E-state index contributed by atoms with van der Waals surface area (Å²) in [6.07, 6.45) is 0.864. The number of hydroxylamine groups is 2. The molecule has 1 saturated carbocycles. The Balaban J connectivity index is 2.17. The van der Waals surface area contributed by atoms with Gasteiger partial charge in [0.05, 0.1) is 27.9 Å². The molecule has 3 N–H and O–H groups in total. The normalized spacial score (nSPS) is 19.8. The summed E-state index contributed by atoms with van der Waals surface area (Å²) in [6, 6.07) is 2.93. The van der Waals surface area contributed by atoms with Crippen LogP contribution in [0.5, 0.6) is 17.2 Å². The predicted molar refractivity (Wildman–Crippen MR) is 75.0 cm³/mol. The summed E-state index contributed by atoms with van der Waals surface area (Å²) in [5.41, 5.74) is 6.03. The van der Waals surface area contributed by atoms with Crippen molar-refractivity contribution in [2.45, 2.75) is 12.3 Å². The molecule has 1 aromatic carbocycles. The number of rotatable bonds is 6. The average Bonchev–Trinajstić information content (AvgIpc) is 3.24. The van der Waals surface area contributed by atoms with E-state index < -0.39 is 6.03 Å². The Morgan fingerprint density at radius 2 is 1.86 bits per heavy atom. The molecule has 2 rings (SSSR count). The van der Waals surface area contributed by atoms with Crippen LogP contribution in [0.1, 0.15) is 17.9 Å². The highest BCUT2D eigenvalue weighted by Gasteiger charge is 2.40. The van der Waals surface area contributed by atoms with E-state index in [4.69, 9.17) is 19.9 Å². The van der Waals surface area contributed by atoms with E-state index in [9.17, 15) is 10.0 Å². The molecule has 1 aliphatic rings. The lowest BCUT2D eigenvalue weighted by molar-refractivity contribution is -0.0431. The fraction of sp³-hybridized carbons (Fsp3) is 0.500. The summed E-state index contributed by atoms with van der Waals surface area (Å²) in [5.74, 6) is 2.13. The van der Waals surface area contributed by atoms with Gasteiger partial charge in [0.2, 0.25) is 5.75 Å². The molecule has 116 valence electrons. The number of carbonyl (C=O) groups is 1. The summed E-state index contributed by atoms with van der Waals surface area (Å²) in [6.45, 7) is 0.219. The number of hydrogen-bond donors (Lipinski definition) is 2. The van der Waals surface area contributed by atoms with Gasteiger partial charge in [-0.25, -0.2) is 9.86 Å². The third-order valence-corrected chi connectivity index (χ3v) is 3.70. The van der Waals surface area contributed by atoms with Crippen molar-refractivity contribution in [1.82, 2.24) is 5.06 Å². The summed E-state index contributed by atoms with van der Waals surface area (Å²) >= 11 is 0. The Hall–Kier alpha value is -2.15. The van der Waals surface area contributed by atoms with Crippen LogP contribution in [0.3, 0.4) is 0 Å². The highest BCUT2D eigenvalue weighted by Crippen LogP contribution is 2.51. The van der Waals surface area contributed by atoms with E-state index in [0.717, 1.165) is 12.0 Å². The summed E-state index contributed by atoms with van der Waals surface area (Å²) in [5, 5.41) is 9.92. The Morgan fingerprint density at radius 1 is 1.29 bits per heavy atom. The van der Waals surface area contributed by atoms with E-state index in [0.29, 0.717) is 22.3 Å². The second-order valence-corrected chi connectivity index (χ2v) is 4.98. The van der Waals surface area contributed by atoms with E-state index in [-0.39, 0.29) is 18.4 Å². The minimum atomic E-state index is -0.842. The predicted octanol–water partition coefficient (Wildman–Crippen LogP) is 1.59. The molecule has 1 aliphatic carbocycles. The first-order valence-corrected chi connectivity index (χ1v) is 6.57. The van der Waals surface area contributed by atoms with Crippen molar-refractivity contribution >= 4 is 6.03 Å². The molecule has 0 aromatic heterocycles. The fourth-order valence-electron chi connectivity index (χ4n) is 2.49. The van der Waals surface area contributed by atoms with Gasteiger partial charge in [-0.15, -0.1) is 0 Å². The molecule has 0 bridgehead atoms. The first kappa shape index (κ1) is 15.2. The van der Waals surface area contributed by atoms with Gasteiger partial charge in [-0.3, -0.25) is 5.21 Å². The van der Waals surface area contributed by atoms with Crippen molar-refractivity contribution in [3.05, 3.63) is 17.7 Å². The number of carbonyl (C=O) groups excluding carboxylic acids is 1. The number of hydrogen-bond acceptors (Lipinski definition) is 5. The van der Waals surface area contributed by atoms with Crippen molar-refractivity contribution < 1.29 is 24.2 Å². The number of benzene rings is 1. The zero-order valence-corrected chi connectivity index (χ0v) is 12.3. The Kier molecular flexibility index (Phi) is 4.42. The van der Waals surface area contributed by atoms with Crippen LogP contribution < -0.4 is 19.9 Å². The van der Waals surface area contributed by atoms with Crippen LogP contribution in [0.25, 0.3) is 0 Å². The SMILES string of the molecule is COc1cc([C@@H]2C[C@H]2CN(O)C(N)=O)cc(OC)c1OC. The minimum Gasteiger partial charge on any atom is -0.493 e. The van der Waals surface area contributed by atoms with Crippen molar-refractivity contribution in [2.75, 3.05) is 27.9 Å². The van der Waals surface area contributed by atoms with Crippen molar-refractivity contribution in [3.8, 4) is 17.2 Å². The third-order valence-electron chi connectivity index (χ3n) is 3.70. The van der Waals surface area contributed by atoms with Gasteiger partial charge in [-0.2, -0.15) is 0 Å². The number of ether oxygens (including phenoxy) is 3. The molecule has 1 fully saturated rings. The lowest BCUT2D eigenvalue weighted by Crippen LogP contribution is -2.34. The topological polar surface area (TPSA) is 94.2 Å². The van der Waals surface area contributed by atoms with E-state index in [1.165, 1.54) is 0 Å². The first-order chi connectivity index (χ1) is 10.0. The zero-order valence-electron chi connectivity index (χ0n) is 12.3. The van der Waals surface area contributed by atoms with Crippen molar-refractivity contribution in [1.29, 1.82) is 0 Å². The largest absolute Gasteiger partial charge is 0.493 e. The first-order valence-electron chi connectivity index (χ1n) is 6.57. The molecular weight excluding hydrogens is 276 g/mol. The number of nitrogens with zero attached hydrogens (tertiary/aromatic N) is 1. The van der Waals surface area contributed by atoms with Crippen LogP contribution in [0, 0.1) is 5.92 Å². The second kappa shape index (κ2) is 6.09.